The highest BCUT2D eigenvalue weighted by molar-refractivity contribution is 7.81. The van der Waals surface area contributed by atoms with Crippen LogP contribution in [0.5, 0.6) is 0 Å². The van der Waals surface area contributed by atoms with Crippen molar-refractivity contribution in [3.63, 3.8) is 0 Å². The lowest BCUT2D eigenvalue weighted by Gasteiger charge is -2.38. The van der Waals surface area contributed by atoms with E-state index in [1.54, 1.807) is 18.2 Å². The molecular weight excluding hydrogens is 474 g/mol. The number of likely N-dealkylation sites (N-methyl/N-ethyl adjacent to an activating group) is 1. The third kappa shape index (κ3) is 8.03. The van der Waals surface area contributed by atoms with Gasteiger partial charge in [-0.1, -0.05) is 24.3 Å². The standard InChI is InChI=1S/C23H31FN2O3S.2ClH/c1-25(12-4-7-21(27)28)13-10-17-15-26(14-11-20(17)30)22(23(29)16-8-9-16)18-5-2-3-6-19(18)24;;/h2-3,5-6,10,16,20,22,30H,4,7-9,11-15H2,1H3,(H,27,28);2*1H. The molecule has 0 amide bonds. The van der Waals surface area contributed by atoms with Crippen molar-refractivity contribution in [3.05, 3.63) is 47.3 Å². The van der Waals surface area contributed by atoms with Crippen LogP contribution in [0.15, 0.2) is 35.9 Å². The van der Waals surface area contributed by atoms with Crippen molar-refractivity contribution in [1.29, 1.82) is 0 Å². The highest BCUT2D eigenvalue weighted by Crippen LogP contribution is 2.39. The Balaban J connectivity index is 0.00000256. The molecule has 2 fully saturated rings. The largest absolute Gasteiger partial charge is 0.481 e. The predicted octanol–water partition coefficient (Wildman–Crippen LogP) is 4.42. The van der Waals surface area contributed by atoms with E-state index in [1.165, 1.54) is 6.07 Å². The summed E-state index contributed by atoms with van der Waals surface area (Å²) in [7, 11) is 1.96. The van der Waals surface area contributed by atoms with E-state index in [9.17, 15) is 14.0 Å². The van der Waals surface area contributed by atoms with Gasteiger partial charge in [-0.15, -0.1) is 24.8 Å². The van der Waals surface area contributed by atoms with Gasteiger partial charge < -0.3 is 10.0 Å². The maximum absolute atomic E-state index is 14.6. The fourth-order valence-electron chi connectivity index (χ4n) is 4.00. The fourth-order valence-corrected chi connectivity index (χ4v) is 4.30. The van der Waals surface area contributed by atoms with Crippen molar-refractivity contribution in [2.75, 3.05) is 33.2 Å². The van der Waals surface area contributed by atoms with Crippen LogP contribution in [-0.4, -0.2) is 65.1 Å². The number of carbonyl (C=O) groups excluding carboxylic acids is 1. The van der Waals surface area contributed by atoms with Crippen LogP contribution >= 0.6 is 37.4 Å². The van der Waals surface area contributed by atoms with Crippen molar-refractivity contribution in [2.24, 2.45) is 5.92 Å². The van der Waals surface area contributed by atoms with Crippen molar-refractivity contribution in [1.82, 2.24) is 9.80 Å². The summed E-state index contributed by atoms with van der Waals surface area (Å²) < 4.78 is 14.6. The zero-order chi connectivity index (χ0) is 21.7. The minimum absolute atomic E-state index is 0. The number of carboxylic acid groups (broad SMARTS) is 1. The number of hydrogen-bond donors (Lipinski definition) is 2. The van der Waals surface area contributed by atoms with Crippen LogP contribution in [0.1, 0.15) is 43.7 Å². The number of ketones is 1. The molecule has 3 rings (SSSR count). The zero-order valence-electron chi connectivity index (χ0n) is 18.3. The molecule has 1 aromatic rings. The average molecular weight is 507 g/mol. The smallest absolute Gasteiger partial charge is 0.303 e. The van der Waals surface area contributed by atoms with E-state index in [1.807, 2.05) is 7.05 Å². The second kappa shape index (κ2) is 13.6. The maximum atomic E-state index is 14.6. The molecule has 9 heteroatoms. The van der Waals surface area contributed by atoms with Crippen LogP contribution in [0, 0.1) is 11.7 Å². The summed E-state index contributed by atoms with van der Waals surface area (Å²) in [6.45, 7) is 2.70. The van der Waals surface area contributed by atoms with Gasteiger partial charge in [0.15, 0.2) is 5.78 Å². The van der Waals surface area contributed by atoms with Gasteiger partial charge >= 0.3 is 5.97 Å². The number of nitrogens with zero attached hydrogens (tertiary/aromatic N) is 2. The number of Topliss-reactive ketones (excluding diaryl/α,β-unsaturated/α-hetero) is 1. The monoisotopic (exact) mass is 506 g/mol. The van der Waals surface area contributed by atoms with E-state index in [0.717, 1.165) is 24.8 Å². The van der Waals surface area contributed by atoms with Crippen LogP contribution in [0.25, 0.3) is 0 Å². The molecule has 0 aromatic heterocycles. The Morgan fingerprint density at radius 3 is 2.59 bits per heavy atom. The molecule has 1 saturated heterocycles. The summed E-state index contributed by atoms with van der Waals surface area (Å²) >= 11 is 4.73. The third-order valence-corrected chi connectivity index (χ3v) is 6.50. The Kier molecular flexibility index (Phi) is 12.2. The topological polar surface area (TPSA) is 60.9 Å². The molecule has 0 radical (unpaired) electrons. The lowest BCUT2D eigenvalue weighted by Crippen LogP contribution is -2.43. The molecule has 1 saturated carbocycles. The lowest BCUT2D eigenvalue weighted by molar-refractivity contribution is -0.137. The Labute approximate surface area is 207 Å². The fraction of sp³-hybridized carbons (Fsp3) is 0.565. The maximum Gasteiger partial charge on any atom is 0.303 e. The molecular formula is C23H33Cl2FN2O3S. The summed E-state index contributed by atoms with van der Waals surface area (Å²) in [6, 6.07) is 6.06. The summed E-state index contributed by atoms with van der Waals surface area (Å²) in [4.78, 5) is 27.9. The molecule has 1 N–H and O–H groups in total. The van der Waals surface area contributed by atoms with Crippen molar-refractivity contribution >= 4 is 49.2 Å². The average Bonchev–Trinajstić information content (AvgIpc) is 3.54. The Bertz CT molecular complexity index is 807. The second-order valence-corrected chi connectivity index (χ2v) is 9.04. The van der Waals surface area contributed by atoms with Crippen LogP contribution < -0.4 is 0 Å². The number of hydrogen-bond acceptors (Lipinski definition) is 5. The molecule has 0 bridgehead atoms. The van der Waals surface area contributed by atoms with Gasteiger partial charge in [-0.2, -0.15) is 12.6 Å². The first-order valence-corrected chi connectivity index (χ1v) is 11.2. The number of carbonyl (C=O) groups is 2. The van der Waals surface area contributed by atoms with E-state index in [0.29, 0.717) is 38.2 Å². The van der Waals surface area contributed by atoms with Crippen LogP contribution in [0.4, 0.5) is 4.39 Å². The van der Waals surface area contributed by atoms with Crippen molar-refractivity contribution in [2.45, 2.75) is 43.4 Å². The Morgan fingerprint density at radius 2 is 1.97 bits per heavy atom. The number of carboxylic acids is 1. The van der Waals surface area contributed by atoms with Gasteiger partial charge in [-0.05, 0) is 50.9 Å². The minimum Gasteiger partial charge on any atom is -0.481 e. The first-order valence-electron chi connectivity index (χ1n) is 10.7. The van der Waals surface area contributed by atoms with Crippen LogP contribution in [0.3, 0.4) is 0 Å². The van der Waals surface area contributed by atoms with Gasteiger partial charge in [0.05, 0.1) is 6.04 Å². The zero-order valence-corrected chi connectivity index (χ0v) is 20.8. The van der Waals surface area contributed by atoms with E-state index in [4.69, 9.17) is 17.7 Å². The van der Waals surface area contributed by atoms with E-state index in [-0.39, 0.29) is 54.0 Å². The molecule has 2 atom stereocenters. The molecule has 5 nitrogen and oxygen atoms in total. The van der Waals surface area contributed by atoms with Gasteiger partial charge in [0, 0.05) is 42.8 Å². The molecule has 1 aliphatic carbocycles. The Morgan fingerprint density at radius 1 is 1.28 bits per heavy atom. The number of thiol groups is 1. The third-order valence-electron chi connectivity index (χ3n) is 5.91. The predicted molar refractivity (Wildman–Crippen MR) is 133 cm³/mol. The van der Waals surface area contributed by atoms with Crippen LogP contribution in [0.2, 0.25) is 0 Å². The number of rotatable bonds is 10. The summed E-state index contributed by atoms with van der Waals surface area (Å²) in [5.41, 5.74) is 1.61. The number of benzene rings is 1. The Hall–Kier alpha value is -1.12. The number of likely N-dealkylation sites (tertiary alicyclic amines) is 1. The SMILES string of the molecule is CN(CC=C1CN(C(C(=O)C2CC2)c2ccccc2F)CCC1S)CCCC(=O)O.Cl.Cl. The quantitative estimate of drug-likeness (QED) is 0.363. The van der Waals surface area contributed by atoms with Gasteiger partial charge in [0.1, 0.15) is 5.82 Å². The normalized spacial score (nSPS) is 21.0. The molecule has 1 heterocycles. The molecule has 2 aliphatic rings. The van der Waals surface area contributed by atoms with E-state index < -0.39 is 12.0 Å². The van der Waals surface area contributed by atoms with Gasteiger partial charge in [-0.25, -0.2) is 4.39 Å². The van der Waals surface area contributed by atoms with Gasteiger partial charge in [0.2, 0.25) is 0 Å². The first kappa shape index (κ1) is 28.9. The molecule has 1 aromatic carbocycles. The highest BCUT2D eigenvalue weighted by Gasteiger charge is 2.40. The molecule has 180 valence electrons. The first-order chi connectivity index (χ1) is 14.4. The summed E-state index contributed by atoms with van der Waals surface area (Å²) in [5, 5.41) is 8.89. The molecule has 2 unspecified atom stereocenters. The summed E-state index contributed by atoms with van der Waals surface area (Å²) in [5.74, 6) is -0.924. The number of piperidine rings is 1. The van der Waals surface area contributed by atoms with Gasteiger partial charge in [-0.3, -0.25) is 14.5 Å². The second-order valence-electron chi connectivity index (χ2n) is 8.41. The lowest BCUT2D eigenvalue weighted by atomic mass is 9.93. The number of halogens is 3. The van der Waals surface area contributed by atoms with E-state index >= 15 is 0 Å². The highest BCUT2D eigenvalue weighted by atomic mass is 35.5. The molecule has 1 aliphatic heterocycles. The number of aliphatic carboxylic acids is 1. The van der Waals surface area contributed by atoms with Gasteiger partial charge in [0.25, 0.3) is 0 Å². The van der Waals surface area contributed by atoms with E-state index in [2.05, 4.69) is 15.9 Å². The summed E-state index contributed by atoms with van der Waals surface area (Å²) in [6.07, 6.45) is 5.51. The van der Waals surface area contributed by atoms with Crippen molar-refractivity contribution in [3.8, 4) is 0 Å². The minimum atomic E-state index is -0.778. The van der Waals surface area contributed by atoms with Crippen LogP contribution in [-0.2, 0) is 9.59 Å². The molecule has 0 spiro atoms. The van der Waals surface area contributed by atoms with Crippen molar-refractivity contribution < 1.29 is 19.1 Å². The molecule has 32 heavy (non-hydrogen) atoms.